The molecule has 1 atom stereocenters. The van der Waals surface area contributed by atoms with Crippen molar-refractivity contribution in [1.29, 1.82) is 0 Å². The van der Waals surface area contributed by atoms with Gasteiger partial charge in [-0.1, -0.05) is 48.0 Å². The summed E-state index contributed by atoms with van der Waals surface area (Å²) in [6.45, 7) is -0.684. The molecule has 1 amide bonds. The molecule has 11 heteroatoms. The Bertz CT molecular complexity index is 1250. The predicted molar refractivity (Wildman–Crippen MR) is 114 cm³/mol. The molecule has 0 aliphatic rings. The van der Waals surface area contributed by atoms with E-state index in [-0.39, 0.29) is 21.0 Å². The molecular formula is C22H17ClF4N2O3S. The van der Waals surface area contributed by atoms with Gasteiger partial charge in [-0.2, -0.15) is 17.5 Å². The van der Waals surface area contributed by atoms with Crippen LogP contribution in [-0.4, -0.2) is 18.6 Å². The monoisotopic (exact) mass is 500 g/mol. The molecule has 174 valence electrons. The molecule has 0 saturated carbocycles. The van der Waals surface area contributed by atoms with Gasteiger partial charge >= 0.3 is 6.18 Å². The standard InChI is InChI=1S/C22H17ClF4N2O3S/c23-16-7-9-17(10-8-16)33(31,32)29(20(21(28)30)15-4-2-1-3-5-15)13-14-6-11-19(24)18(12-14)22(25,26)27/h1-12,20H,13H2,(H2,28,30). The third kappa shape index (κ3) is 5.52. The molecule has 0 saturated heterocycles. The number of hydrogen-bond donors (Lipinski definition) is 1. The number of benzene rings is 3. The van der Waals surface area contributed by atoms with Crippen LogP contribution in [0.2, 0.25) is 5.02 Å². The number of primary amides is 1. The Morgan fingerprint density at radius 2 is 1.61 bits per heavy atom. The molecule has 0 aliphatic heterocycles. The van der Waals surface area contributed by atoms with Crippen LogP contribution >= 0.6 is 11.6 Å². The van der Waals surface area contributed by atoms with E-state index in [0.717, 1.165) is 6.07 Å². The van der Waals surface area contributed by atoms with Gasteiger partial charge in [0.05, 0.1) is 10.5 Å². The average Bonchev–Trinajstić information content (AvgIpc) is 2.74. The zero-order chi connectivity index (χ0) is 24.4. The van der Waals surface area contributed by atoms with Crippen LogP contribution in [0.15, 0.2) is 77.7 Å². The summed E-state index contributed by atoms with van der Waals surface area (Å²) in [4.78, 5) is 12.1. The first kappa shape index (κ1) is 24.7. The summed E-state index contributed by atoms with van der Waals surface area (Å²) in [5.41, 5.74) is 4.00. The number of nitrogens with zero attached hydrogens (tertiary/aromatic N) is 1. The predicted octanol–water partition coefficient (Wildman–Crippen LogP) is 4.92. The van der Waals surface area contributed by atoms with Crippen molar-refractivity contribution >= 4 is 27.5 Å². The summed E-state index contributed by atoms with van der Waals surface area (Å²) in [7, 11) is -4.47. The molecule has 0 aromatic heterocycles. The fourth-order valence-corrected chi connectivity index (χ4v) is 4.93. The number of halogens is 5. The van der Waals surface area contributed by atoms with Crippen molar-refractivity contribution in [3.63, 3.8) is 0 Å². The number of carbonyl (C=O) groups is 1. The van der Waals surface area contributed by atoms with Crippen molar-refractivity contribution in [2.45, 2.75) is 23.7 Å². The maximum Gasteiger partial charge on any atom is 0.419 e. The molecule has 0 spiro atoms. The summed E-state index contributed by atoms with van der Waals surface area (Å²) in [5, 5.41) is 0.253. The number of nitrogens with two attached hydrogens (primary N) is 1. The maximum atomic E-state index is 13.8. The smallest absolute Gasteiger partial charge is 0.368 e. The second-order valence-electron chi connectivity index (χ2n) is 7.03. The van der Waals surface area contributed by atoms with Crippen molar-refractivity contribution in [1.82, 2.24) is 4.31 Å². The van der Waals surface area contributed by atoms with Gasteiger partial charge < -0.3 is 5.73 Å². The summed E-state index contributed by atoms with van der Waals surface area (Å²) in [6.07, 6.45) is -5.00. The molecule has 0 heterocycles. The molecule has 2 N–H and O–H groups in total. The molecule has 0 bridgehead atoms. The molecule has 3 rings (SSSR count). The normalized spacial score (nSPS) is 13.2. The van der Waals surface area contributed by atoms with Crippen molar-refractivity contribution in [3.05, 3.63) is 100 Å². The van der Waals surface area contributed by atoms with E-state index in [2.05, 4.69) is 0 Å². The van der Waals surface area contributed by atoms with Crippen LogP contribution in [-0.2, 0) is 27.5 Å². The highest BCUT2D eigenvalue weighted by Gasteiger charge is 2.38. The molecule has 3 aromatic rings. The summed E-state index contributed by atoms with van der Waals surface area (Å²) in [5.74, 6) is -2.55. The van der Waals surface area contributed by atoms with Gasteiger partial charge in [-0.15, -0.1) is 0 Å². The Morgan fingerprint density at radius 3 is 2.15 bits per heavy atom. The van der Waals surface area contributed by atoms with Gasteiger partial charge in [-0.3, -0.25) is 4.79 Å². The van der Waals surface area contributed by atoms with Gasteiger partial charge in [0.25, 0.3) is 0 Å². The molecular weight excluding hydrogens is 484 g/mol. The van der Waals surface area contributed by atoms with Crippen LogP contribution < -0.4 is 5.73 Å². The number of alkyl halides is 3. The number of sulfonamides is 1. The highest BCUT2D eigenvalue weighted by molar-refractivity contribution is 7.89. The summed E-state index contributed by atoms with van der Waals surface area (Å²) in [6, 6.07) is 13.2. The van der Waals surface area contributed by atoms with E-state index in [9.17, 15) is 30.8 Å². The molecule has 1 unspecified atom stereocenters. The second kappa shape index (κ2) is 9.50. The van der Waals surface area contributed by atoms with Crippen LogP contribution in [0.1, 0.15) is 22.7 Å². The minimum absolute atomic E-state index is 0.191. The first-order chi connectivity index (χ1) is 15.4. The molecule has 3 aromatic carbocycles. The minimum atomic E-state index is -5.00. The Labute approximate surface area is 192 Å². The average molecular weight is 501 g/mol. The van der Waals surface area contributed by atoms with E-state index < -0.39 is 46.1 Å². The van der Waals surface area contributed by atoms with Gasteiger partial charge in [-0.05, 0) is 47.5 Å². The van der Waals surface area contributed by atoms with E-state index in [1.165, 1.54) is 36.4 Å². The molecule has 0 aliphatic carbocycles. The number of amides is 1. The molecule has 33 heavy (non-hydrogen) atoms. The SMILES string of the molecule is NC(=O)C(c1ccccc1)N(Cc1ccc(F)c(C(F)(F)F)c1)S(=O)(=O)c1ccc(Cl)cc1. The van der Waals surface area contributed by atoms with Crippen LogP contribution in [0.4, 0.5) is 17.6 Å². The number of rotatable bonds is 7. The van der Waals surface area contributed by atoms with Crippen LogP contribution in [0.5, 0.6) is 0 Å². The van der Waals surface area contributed by atoms with Crippen molar-refractivity contribution in [3.8, 4) is 0 Å². The minimum Gasteiger partial charge on any atom is -0.368 e. The Hall–Kier alpha value is -2.95. The van der Waals surface area contributed by atoms with Crippen molar-refractivity contribution in [2.24, 2.45) is 5.73 Å². The van der Waals surface area contributed by atoms with Gasteiger partial charge in [0.2, 0.25) is 15.9 Å². The van der Waals surface area contributed by atoms with Crippen LogP contribution in [0.25, 0.3) is 0 Å². The Balaban J connectivity index is 2.17. The van der Waals surface area contributed by atoms with E-state index in [0.29, 0.717) is 16.4 Å². The van der Waals surface area contributed by atoms with Crippen molar-refractivity contribution in [2.75, 3.05) is 0 Å². The molecule has 0 fully saturated rings. The number of carbonyl (C=O) groups excluding carboxylic acids is 1. The number of hydrogen-bond acceptors (Lipinski definition) is 3. The fourth-order valence-electron chi connectivity index (χ4n) is 3.23. The van der Waals surface area contributed by atoms with E-state index in [4.69, 9.17) is 17.3 Å². The van der Waals surface area contributed by atoms with Crippen LogP contribution in [0.3, 0.4) is 0 Å². The second-order valence-corrected chi connectivity index (χ2v) is 9.36. The fraction of sp³-hybridized carbons (Fsp3) is 0.136. The Kier molecular flexibility index (Phi) is 7.11. The van der Waals surface area contributed by atoms with Gasteiger partial charge in [0.15, 0.2) is 0 Å². The highest BCUT2D eigenvalue weighted by Crippen LogP contribution is 2.34. The van der Waals surface area contributed by atoms with Gasteiger partial charge in [0.1, 0.15) is 11.9 Å². The van der Waals surface area contributed by atoms with E-state index in [1.54, 1.807) is 18.2 Å². The lowest BCUT2D eigenvalue weighted by molar-refractivity contribution is -0.140. The zero-order valence-corrected chi connectivity index (χ0v) is 18.3. The largest absolute Gasteiger partial charge is 0.419 e. The topological polar surface area (TPSA) is 80.5 Å². The highest BCUT2D eigenvalue weighted by atomic mass is 35.5. The lowest BCUT2D eigenvalue weighted by Crippen LogP contribution is -2.41. The van der Waals surface area contributed by atoms with Gasteiger partial charge in [0, 0.05) is 11.6 Å². The van der Waals surface area contributed by atoms with E-state index in [1.807, 2.05) is 0 Å². The zero-order valence-electron chi connectivity index (χ0n) is 16.8. The van der Waals surface area contributed by atoms with Gasteiger partial charge in [-0.25, -0.2) is 12.8 Å². The first-order valence-electron chi connectivity index (χ1n) is 9.38. The summed E-state index contributed by atoms with van der Waals surface area (Å²) < 4.78 is 81.0. The quantitative estimate of drug-likeness (QED) is 0.468. The first-order valence-corrected chi connectivity index (χ1v) is 11.2. The Morgan fingerprint density at radius 1 is 1.00 bits per heavy atom. The van der Waals surface area contributed by atoms with Crippen LogP contribution in [0, 0.1) is 5.82 Å². The lowest BCUT2D eigenvalue weighted by atomic mass is 10.1. The third-order valence-corrected chi connectivity index (χ3v) is 6.84. The summed E-state index contributed by atoms with van der Waals surface area (Å²) >= 11 is 5.83. The maximum absolute atomic E-state index is 13.8. The van der Waals surface area contributed by atoms with Crippen molar-refractivity contribution < 1.29 is 30.8 Å². The molecule has 0 radical (unpaired) electrons. The van der Waals surface area contributed by atoms with E-state index >= 15 is 0 Å². The lowest BCUT2D eigenvalue weighted by Gasteiger charge is -2.29. The molecule has 5 nitrogen and oxygen atoms in total. The third-order valence-electron chi connectivity index (χ3n) is 4.77.